The van der Waals surface area contributed by atoms with Crippen LogP contribution in [0.1, 0.15) is 32.1 Å². The van der Waals surface area contributed by atoms with Crippen LogP contribution in [0.4, 0.5) is 22.0 Å². The van der Waals surface area contributed by atoms with E-state index in [0.717, 1.165) is 19.6 Å². The van der Waals surface area contributed by atoms with Gasteiger partial charge in [-0.3, -0.25) is 15.1 Å². The molecule has 0 aliphatic carbocycles. The molecule has 1 saturated heterocycles. The van der Waals surface area contributed by atoms with Crippen LogP contribution in [0.3, 0.4) is 0 Å². The van der Waals surface area contributed by atoms with E-state index in [9.17, 15) is 9.59 Å². The van der Waals surface area contributed by atoms with Crippen molar-refractivity contribution in [3.8, 4) is 5.75 Å². The van der Waals surface area contributed by atoms with Crippen LogP contribution in [0.2, 0.25) is 5.02 Å². The van der Waals surface area contributed by atoms with Crippen LogP contribution < -0.4 is 20.7 Å². The summed E-state index contributed by atoms with van der Waals surface area (Å²) < 4.78 is 5.80. The minimum Gasteiger partial charge on any atom is -0.491 e. The van der Waals surface area contributed by atoms with Crippen molar-refractivity contribution < 1.29 is 14.3 Å². The van der Waals surface area contributed by atoms with Crippen molar-refractivity contribution in [3.05, 3.63) is 53.0 Å². The third-order valence-corrected chi connectivity index (χ3v) is 5.55. The fourth-order valence-corrected chi connectivity index (χ4v) is 3.71. The van der Waals surface area contributed by atoms with Gasteiger partial charge >= 0.3 is 6.03 Å². The first kappa shape index (κ1) is 25.3. The number of ether oxygens (including phenoxy) is 1. The molecule has 3 N–H and O–H groups in total. The highest BCUT2D eigenvalue weighted by atomic mass is 35.5. The number of urea groups is 1. The standard InChI is InChI=1S/C24H29ClN6O3/c1-26-19-7-9-22(28-17-19)30-24(33)29-20-16-18(25)6-8-21(20)34-15-5-11-27-23(32)10-14-31-12-3-2-4-13-31/h6-9,16-17H,2-5,10-15H2,(H,27,32)(H2,28,29,30,33). The Labute approximate surface area is 204 Å². The molecule has 0 saturated carbocycles. The molecular formula is C24H29ClN6O3. The smallest absolute Gasteiger partial charge is 0.324 e. The highest BCUT2D eigenvalue weighted by Gasteiger charge is 2.12. The van der Waals surface area contributed by atoms with E-state index < -0.39 is 6.03 Å². The highest BCUT2D eigenvalue weighted by molar-refractivity contribution is 6.31. The Bertz CT molecular complexity index is 1000. The Hall–Kier alpha value is -3.35. The number of benzene rings is 1. The van der Waals surface area contributed by atoms with Crippen molar-refractivity contribution in [1.82, 2.24) is 15.2 Å². The Morgan fingerprint density at radius 1 is 1.15 bits per heavy atom. The van der Waals surface area contributed by atoms with Crippen LogP contribution in [-0.4, -0.2) is 54.6 Å². The van der Waals surface area contributed by atoms with Crippen LogP contribution in [0.5, 0.6) is 5.75 Å². The van der Waals surface area contributed by atoms with E-state index in [2.05, 4.69) is 30.7 Å². The summed E-state index contributed by atoms with van der Waals surface area (Å²) in [5, 5.41) is 8.68. The molecule has 0 atom stereocenters. The van der Waals surface area contributed by atoms with Crippen molar-refractivity contribution >= 4 is 40.7 Å². The number of nitrogens with zero attached hydrogens (tertiary/aromatic N) is 3. The highest BCUT2D eigenvalue weighted by Crippen LogP contribution is 2.28. The molecule has 0 spiro atoms. The fraction of sp³-hybridized carbons (Fsp3) is 0.417. The van der Waals surface area contributed by atoms with E-state index in [1.165, 1.54) is 25.5 Å². The summed E-state index contributed by atoms with van der Waals surface area (Å²) in [6.45, 7) is 10.8. The van der Waals surface area contributed by atoms with Gasteiger partial charge in [0.1, 0.15) is 11.6 Å². The summed E-state index contributed by atoms with van der Waals surface area (Å²) in [5.74, 6) is 0.826. The number of anilines is 2. The minimum atomic E-state index is -0.517. The van der Waals surface area contributed by atoms with Crippen molar-refractivity contribution in [2.75, 3.05) is 43.4 Å². The SMILES string of the molecule is [C-]#[N+]c1ccc(NC(=O)Nc2cc(Cl)ccc2OCCCNC(=O)CCN2CCCCC2)nc1. The molecule has 2 heterocycles. The molecule has 2 aromatic rings. The normalized spacial score (nSPS) is 13.5. The molecule has 3 amide bonds. The van der Waals surface area contributed by atoms with E-state index in [1.807, 2.05) is 0 Å². The fourth-order valence-electron chi connectivity index (χ4n) is 3.53. The van der Waals surface area contributed by atoms with Gasteiger partial charge in [0.05, 0.1) is 18.9 Å². The number of amides is 3. The lowest BCUT2D eigenvalue weighted by molar-refractivity contribution is -0.121. The van der Waals surface area contributed by atoms with Gasteiger partial charge in [0.15, 0.2) is 0 Å². The topological polar surface area (TPSA) is 99.9 Å². The number of nitrogens with one attached hydrogen (secondary N) is 3. The van der Waals surface area contributed by atoms with E-state index >= 15 is 0 Å². The lowest BCUT2D eigenvalue weighted by Gasteiger charge is -2.25. The summed E-state index contributed by atoms with van der Waals surface area (Å²) in [4.78, 5) is 34.0. The van der Waals surface area contributed by atoms with Crippen LogP contribution in [0.25, 0.3) is 4.85 Å². The summed E-state index contributed by atoms with van der Waals surface area (Å²) >= 11 is 6.08. The Balaban J connectivity index is 1.40. The molecule has 1 aromatic carbocycles. The predicted molar refractivity (Wildman–Crippen MR) is 133 cm³/mol. The Kier molecular flexibility index (Phi) is 9.95. The first-order chi connectivity index (χ1) is 16.5. The van der Waals surface area contributed by atoms with Crippen molar-refractivity contribution in [3.63, 3.8) is 0 Å². The number of carbonyl (C=O) groups excluding carboxylic acids is 2. The second kappa shape index (κ2) is 13.4. The van der Waals surface area contributed by atoms with Crippen molar-refractivity contribution in [1.29, 1.82) is 0 Å². The van der Waals surface area contributed by atoms with Gasteiger partial charge in [0.25, 0.3) is 0 Å². The van der Waals surface area contributed by atoms with Crippen LogP contribution in [-0.2, 0) is 4.79 Å². The molecule has 180 valence electrons. The zero-order valence-electron chi connectivity index (χ0n) is 19.0. The molecule has 0 unspecified atom stereocenters. The average molecular weight is 485 g/mol. The monoisotopic (exact) mass is 484 g/mol. The first-order valence-corrected chi connectivity index (χ1v) is 11.7. The van der Waals surface area contributed by atoms with Crippen LogP contribution >= 0.6 is 11.6 Å². The number of rotatable bonds is 10. The van der Waals surface area contributed by atoms with Gasteiger partial charge in [-0.1, -0.05) is 24.1 Å². The van der Waals surface area contributed by atoms with Gasteiger partial charge in [-0.2, -0.15) is 0 Å². The van der Waals surface area contributed by atoms with E-state index in [1.54, 1.807) is 30.3 Å². The molecule has 1 aliphatic heterocycles. The maximum Gasteiger partial charge on any atom is 0.324 e. The molecule has 1 aliphatic rings. The number of carbonyl (C=O) groups is 2. The summed E-state index contributed by atoms with van der Waals surface area (Å²) in [6, 6.07) is 7.54. The maximum atomic E-state index is 12.4. The number of halogens is 1. The van der Waals surface area contributed by atoms with Gasteiger partial charge in [0, 0.05) is 30.7 Å². The molecular weight excluding hydrogens is 456 g/mol. The molecule has 0 bridgehead atoms. The van der Waals surface area contributed by atoms with Gasteiger partial charge in [-0.05, 0) is 56.6 Å². The third kappa shape index (κ3) is 8.54. The molecule has 1 aromatic heterocycles. The minimum absolute atomic E-state index is 0.0501. The number of likely N-dealkylation sites (tertiary alicyclic amines) is 1. The van der Waals surface area contributed by atoms with Gasteiger partial charge in [-0.25, -0.2) is 9.64 Å². The summed E-state index contributed by atoms with van der Waals surface area (Å²) in [6.07, 6.45) is 6.24. The average Bonchev–Trinajstić information content (AvgIpc) is 2.85. The quantitative estimate of drug-likeness (QED) is 0.335. The zero-order chi connectivity index (χ0) is 24.2. The number of piperidine rings is 1. The maximum absolute atomic E-state index is 12.4. The second-order valence-corrected chi connectivity index (χ2v) is 8.37. The lowest BCUT2D eigenvalue weighted by atomic mass is 10.1. The summed E-state index contributed by atoms with van der Waals surface area (Å²) in [5.41, 5.74) is 0.794. The summed E-state index contributed by atoms with van der Waals surface area (Å²) in [7, 11) is 0. The largest absolute Gasteiger partial charge is 0.491 e. The molecule has 9 nitrogen and oxygen atoms in total. The first-order valence-electron chi connectivity index (χ1n) is 11.4. The molecule has 10 heteroatoms. The van der Waals surface area contributed by atoms with Gasteiger partial charge in [0.2, 0.25) is 11.6 Å². The molecule has 34 heavy (non-hydrogen) atoms. The van der Waals surface area contributed by atoms with E-state index in [0.29, 0.717) is 54.0 Å². The van der Waals surface area contributed by atoms with Crippen LogP contribution in [0.15, 0.2) is 36.5 Å². The predicted octanol–water partition coefficient (Wildman–Crippen LogP) is 4.69. The second-order valence-electron chi connectivity index (χ2n) is 7.94. The number of hydrogen-bond acceptors (Lipinski definition) is 5. The molecule has 1 fully saturated rings. The van der Waals surface area contributed by atoms with Gasteiger partial charge in [-0.15, -0.1) is 0 Å². The number of hydrogen-bond donors (Lipinski definition) is 3. The number of aromatic nitrogens is 1. The van der Waals surface area contributed by atoms with Gasteiger partial charge < -0.3 is 20.3 Å². The van der Waals surface area contributed by atoms with E-state index in [-0.39, 0.29) is 5.91 Å². The lowest BCUT2D eigenvalue weighted by Crippen LogP contribution is -2.34. The van der Waals surface area contributed by atoms with Crippen molar-refractivity contribution in [2.45, 2.75) is 32.1 Å². The van der Waals surface area contributed by atoms with E-state index in [4.69, 9.17) is 22.9 Å². The number of pyridine rings is 1. The Morgan fingerprint density at radius 3 is 2.71 bits per heavy atom. The third-order valence-electron chi connectivity index (χ3n) is 5.31. The molecule has 0 radical (unpaired) electrons. The Morgan fingerprint density at radius 2 is 1.97 bits per heavy atom. The molecule has 3 rings (SSSR count). The van der Waals surface area contributed by atoms with Crippen molar-refractivity contribution in [2.24, 2.45) is 0 Å². The van der Waals surface area contributed by atoms with Crippen LogP contribution in [0, 0.1) is 6.57 Å². The zero-order valence-corrected chi connectivity index (χ0v) is 19.7.